The topological polar surface area (TPSA) is 111 Å². The van der Waals surface area contributed by atoms with Gasteiger partial charge in [-0.3, -0.25) is 13.8 Å². The second-order valence-electron chi connectivity index (χ2n) is 10.3. The molecule has 0 atom stereocenters. The molecule has 2 aromatic carbocycles. The van der Waals surface area contributed by atoms with Crippen molar-refractivity contribution in [2.75, 3.05) is 33.9 Å². The van der Waals surface area contributed by atoms with Crippen molar-refractivity contribution in [2.45, 2.75) is 25.0 Å². The zero-order chi connectivity index (χ0) is 27.7. The number of rotatable bonds is 7. The first-order valence-corrected chi connectivity index (χ1v) is 13.2. The van der Waals surface area contributed by atoms with Gasteiger partial charge < -0.3 is 14.4 Å². The fourth-order valence-corrected chi connectivity index (χ4v) is 5.14. The van der Waals surface area contributed by atoms with Gasteiger partial charge >= 0.3 is 0 Å². The van der Waals surface area contributed by atoms with E-state index in [0.29, 0.717) is 36.1 Å². The first-order valence-electron chi connectivity index (χ1n) is 13.2. The number of nitriles is 1. The molecule has 0 amide bonds. The maximum atomic E-state index is 12.9. The molecule has 0 radical (unpaired) electrons. The van der Waals surface area contributed by atoms with Crippen molar-refractivity contribution >= 4 is 16.8 Å². The van der Waals surface area contributed by atoms with Crippen LogP contribution >= 0.6 is 0 Å². The number of benzene rings is 2. The summed E-state index contributed by atoms with van der Waals surface area (Å²) < 4.78 is 15.3. The van der Waals surface area contributed by atoms with E-state index in [1.807, 2.05) is 28.7 Å². The highest BCUT2D eigenvalue weighted by atomic mass is 16.5. The van der Waals surface area contributed by atoms with Crippen LogP contribution in [-0.4, -0.2) is 68.3 Å². The van der Waals surface area contributed by atoms with Crippen LogP contribution in [0, 0.1) is 11.3 Å². The van der Waals surface area contributed by atoms with Gasteiger partial charge in [-0.15, -0.1) is 0 Å². The van der Waals surface area contributed by atoms with Gasteiger partial charge in [0, 0.05) is 38.0 Å². The first-order chi connectivity index (χ1) is 19.5. The zero-order valence-corrected chi connectivity index (χ0v) is 22.4. The molecule has 1 fully saturated rings. The van der Waals surface area contributed by atoms with Crippen molar-refractivity contribution in [3.8, 4) is 23.2 Å². The van der Waals surface area contributed by atoms with Gasteiger partial charge in [-0.1, -0.05) is 18.2 Å². The molecule has 0 N–H and O–H groups in total. The minimum Gasteiger partial charge on any atom is -0.487 e. The highest BCUT2D eigenvalue weighted by molar-refractivity contribution is 5.81. The van der Waals surface area contributed by atoms with Gasteiger partial charge in [0.1, 0.15) is 12.2 Å². The Kier molecular flexibility index (Phi) is 6.76. The predicted molar refractivity (Wildman–Crippen MR) is 150 cm³/mol. The lowest BCUT2D eigenvalue weighted by Gasteiger charge is -2.39. The molecule has 4 heterocycles. The quantitative estimate of drug-likeness (QED) is 0.311. The molecule has 0 saturated carbocycles. The second kappa shape index (κ2) is 10.5. The van der Waals surface area contributed by atoms with Gasteiger partial charge in [0.25, 0.3) is 5.56 Å². The van der Waals surface area contributed by atoms with Crippen LogP contribution in [0.1, 0.15) is 24.0 Å². The molecule has 0 bridgehead atoms. The molecule has 6 rings (SSSR count). The highest BCUT2D eigenvalue weighted by Crippen LogP contribution is 2.27. The molecule has 0 unspecified atom stereocenters. The number of aromatic nitrogens is 5. The number of imidazole rings is 1. The normalized spacial score (nSPS) is 15.3. The molecule has 1 aliphatic heterocycles. The van der Waals surface area contributed by atoms with E-state index < -0.39 is 0 Å². The van der Waals surface area contributed by atoms with Gasteiger partial charge in [0.15, 0.2) is 11.6 Å². The van der Waals surface area contributed by atoms with Gasteiger partial charge in [-0.05, 0) is 49.7 Å². The Morgan fingerprint density at radius 1 is 1.07 bits per heavy atom. The summed E-state index contributed by atoms with van der Waals surface area (Å²) >= 11 is 0. The number of ether oxygens (including phenoxy) is 2. The van der Waals surface area contributed by atoms with E-state index in [2.05, 4.69) is 33.0 Å². The molecule has 3 aromatic heterocycles. The van der Waals surface area contributed by atoms with Crippen LogP contribution in [0.4, 0.5) is 0 Å². The van der Waals surface area contributed by atoms with Crippen LogP contribution in [0.5, 0.6) is 5.75 Å². The average molecular weight is 536 g/mol. The highest BCUT2D eigenvalue weighted by Gasteiger charge is 2.34. The lowest BCUT2D eigenvalue weighted by molar-refractivity contribution is -0.0798. The summed E-state index contributed by atoms with van der Waals surface area (Å²) in [6.45, 7) is 2.73. The summed E-state index contributed by atoms with van der Waals surface area (Å²) in [5, 5.41) is 9.29. The van der Waals surface area contributed by atoms with Crippen molar-refractivity contribution in [1.29, 1.82) is 5.26 Å². The number of nitrogens with zero attached hydrogens (tertiary/aromatic N) is 7. The minimum atomic E-state index is -0.292. The number of likely N-dealkylation sites (tertiary alicyclic amines) is 1. The fraction of sp³-hybridized carbons (Fsp3) is 0.300. The third-order valence-electron chi connectivity index (χ3n) is 7.66. The summed E-state index contributed by atoms with van der Waals surface area (Å²) in [7, 11) is 3.86. The summed E-state index contributed by atoms with van der Waals surface area (Å²) in [6, 6.07) is 16.8. The molecule has 1 saturated heterocycles. The largest absolute Gasteiger partial charge is 0.487 e. The molecule has 0 spiro atoms. The molecule has 1 aliphatic rings. The van der Waals surface area contributed by atoms with Gasteiger partial charge in [0.05, 0.1) is 41.6 Å². The summed E-state index contributed by atoms with van der Waals surface area (Å²) in [5.41, 5.74) is 3.32. The summed E-state index contributed by atoms with van der Waals surface area (Å²) in [5.74, 6) is 1.68. The van der Waals surface area contributed by atoms with Crippen molar-refractivity contribution in [3.05, 3.63) is 88.6 Å². The van der Waals surface area contributed by atoms with Crippen LogP contribution in [0.2, 0.25) is 0 Å². The van der Waals surface area contributed by atoms with E-state index >= 15 is 0 Å². The first kappa shape index (κ1) is 25.7. The Hall–Kier alpha value is -4.59. The van der Waals surface area contributed by atoms with E-state index in [1.54, 1.807) is 48.5 Å². The lowest BCUT2D eigenvalue weighted by atomic mass is 9.92. The van der Waals surface area contributed by atoms with Crippen molar-refractivity contribution in [1.82, 2.24) is 28.8 Å². The monoisotopic (exact) mass is 535 g/mol. The third kappa shape index (κ3) is 4.93. The zero-order valence-electron chi connectivity index (χ0n) is 22.4. The predicted octanol–water partition coefficient (Wildman–Crippen LogP) is 3.52. The molecular formula is C30H29N7O3. The number of fused-ring (bicyclic) bond motifs is 3. The van der Waals surface area contributed by atoms with Crippen molar-refractivity contribution in [2.24, 2.45) is 0 Å². The van der Waals surface area contributed by atoms with Gasteiger partial charge in [-0.25, -0.2) is 15.0 Å². The second-order valence-corrected chi connectivity index (χ2v) is 10.3. The number of hydrogen-bond acceptors (Lipinski definition) is 8. The van der Waals surface area contributed by atoms with E-state index in [0.717, 1.165) is 48.1 Å². The van der Waals surface area contributed by atoms with E-state index in [-0.39, 0.29) is 11.2 Å². The Balaban J connectivity index is 1.22. The van der Waals surface area contributed by atoms with Crippen LogP contribution < -0.4 is 10.3 Å². The Labute approximate surface area is 231 Å². The number of hydrogen-bond donors (Lipinski definition) is 0. The number of piperidine rings is 1. The molecule has 40 heavy (non-hydrogen) atoms. The van der Waals surface area contributed by atoms with E-state index in [1.165, 1.54) is 6.07 Å². The standard InChI is InChI=1S/C30H29N7O3/c1-35-12-9-30(39-2,10-13-35)20-40-24-17-32-28(33-18-24)23-5-3-4-22(14-23)19-37-27(38)8-11-36-26-15-21(16-31)6-7-25(26)34-29(36)37/h3-8,11,14-15,17-18H,9-10,12-13,19-20H2,1-2H3. The SMILES string of the molecule is COC1(COc2cnc(-c3cccc(Cn4c(=O)ccn5c6cc(C#N)ccc6nc45)c3)nc2)CCN(C)CC1. The Morgan fingerprint density at radius 3 is 2.62 bits per heavy atom. The molecule has 5 aromatic rings. The summed E-state index contributed by atoms with van der Waals surface area (Å²) in [6.07, 6.45) is 6.89. The molecule has 202 valence electrons. The van der Waals surface area contributed by atoms with Crippen molar-refractivity contribution < 1.29 is 9.47 Å². The van der Waals surface area contributed by atoms with Crippen LogP contribution in [0.15, 0.2) is 71.9 Å². The minimum absolute atomic E-state index is 0.162. The van der Waals surface area contributed by atoms with Gasteiger partial charge in [0.2, 0.25) is 5.78 Å². The van der Waals surface area contributed by atoms with Crippen LogP contribution in [0.3, 0.4) is 0 Å². The number of methoxy groups -OCH3 is 1. The van der Waals surface area contributed by atoms with Gasteiger partial charge in [-0.2, -0.15) is 5.26 Å². The molecule has 0 aliphatic carbocycles. The molecule has 10 nitrogen and oxygen atoms in total. The van der Waals surface area contributed by atoms with Crippen molar-refractivity contribution in [3.63, 3.8) is 0 Å². The lowest BCUT2D eigenvalue weighted by Crippen LogP contribution is -2.48. The average Bonchev–Trinajstić information content (AvgIpc) is 3.37. The maximum absolute atomic E-state index is 12.9. The third-order valence-corrected chi connectivity index (χ3v) is 7.66. The Bertz CT molecular complexity index is 1780. The van der Waals surface area contributed by atoms with Crippen LogP contribution in [0.25, 0.3) is 28.2 Å². The smallest absolute Gasteiger partial charge is 0.255 e. The van der Waals surface area contributed by atoms with Crippen LogP contribution in [-0.2, 0) is 11.3 Å². The molecular weight excluding hydrogens is 506 g/mol. The fourth-order valence-electron chi connectivity index (χ4n) is 5.14. The molecule has 10 heteroatoms. The van der Waals surface area contributed by atoms with E-state index in [9.17, 15) is 10.1 Å². The van der Waals surface area contributed by atoms with E-state index in [4.69, 9.17) is 9.47 Å². The summed E-state index contributed by atoms with van der Waals surface area (Å²) in [4.78, 5) is 28.9. The maximum Gasteiger partial charge on any atom is 0.255 e. The Morgan fingerprint density at radius 2 is 1.88 bits per heavy atom.